The van der Waals surface area contributed by atoms with Crippen LogP contribution in [0.5, 0.6) is 17.4 Å². The molecule has 33 heavy (non-hydrogen) atoms. The van der Waals surface area contributed by atoms with E-state index in [0.29, 0.717) is 41.3 Å². The lowest BCUT2D eigenvalue weighted by atomic mass is 10.2. The fourth-order valence-electron chi connectivity index (χ4n) is 2.87. The number of hydrogen-bond donors (Lipinski definition) is 1. The van der Waals surface area contributed by atoms with Gasteiger partial charge in [-0.3, -0.25) is 14.9 Å². The van der Waals surface area contributed by atoms with E-state index in [2.05, 4.69) is 15.3 Å². The van der Waals surface area contributed by atoms with Crippen molar-refractivity contribution in [1.29, 1.82) is 0 Å². The molecule has 1 aliphatic heterocycles. The molecule has 2 aromatic carbocycles. The summed E-state index contributed by atoms with van der Waals surface area (Å²) in [7, 11) is 1.87. The zero-order valence-electron chi connectivity index (χ0n) is 17.5. The molecule has 0 saturated carbocycles. The largest absolute Gasteiger partial charge is 0.492 e. The van der Waals surface area contributed by atoms with Crippen molar-refractivity contribution in [2.24, 2.45) is 0 Å². The smallest absolute Gasteiger partial charge is 0.290 e. The molecule has 0 aliphatic carbocycles. The molecule has 4 rings (SSSR count). The van der Waals surface area contributed by atoms with Gasteiger partial charge in [0.1, 0.15) is 36.1 Å². The number of anilines is 1. The lowest BCUT2D eigenvalue weighted by Gasteiger charge is -2.18. The van der Waals surface area contributed by atoms with Crippen LogP contribution < -0.4 is 19.7 Å². The van der Waals surface area contributed by atoms with Gasteiger partial charge in [-0.05, 0) is 59.8 Å². The molecule has 168 valence electrons. The van der Waals surface area contributed by atoms with Crippen LogP contribution in [0.25, 0.3) is 6.08 Å². The number of benzene rings is 2. The molecule has 1 aromatic heterocycles. The summed E-state index contributed by atoms with van der Waals surface area (Å²) < 4.78 is 24.5. The Morgan fingerprint density at radius 3 is 2.48 bits per heavy atom. The Kier molecular flexibility index (Phi) is 6.84. The summed E-state index contributed by atoms with van der Waals surface area (Å²) in [6.45, 7) is 0.958. The first kappa shape index (κ1) is 22.3. The first-order valence-corrected chi connectivity index (χ1v) is 10.7. The Balaban J connectivity index is 1.29. The zero-order chi connectivity index (χ0) is 23.2. The predicted molar refractivity (Wildman–Crippen MR) is 123 cm³/mol. The van der Waals surface area contributed by atoms with E-state index in [1.165, 1.54) is 30.6 Å². The maximum Gasteiger partial charge on any atom is 0.290 e. The van der Waals surface area contributed by atoms with Crippen LogP contribution in [0.15, 0.2) is 65.8 Å². The summed E-state index contributed by atoms with van der Waals surface area (Å²) >= 11 is 0.880. The number of likely N-dealkylation sites (N-methyl/N-ethyl adjacent to an activating group) is 1. The number of ether oxygens (including phenoxy) is 2. The van der Waals surface area contributed by atoms with E-state index in [1.807, 2.05) is 24.1 Å². The zero-order valence-corrected chi connectivity index (χ0v) is 18.3. The minimum absolute atomic E-state index is 0.339. The van der Waals surface area contributed by atoms with Gasteiger partial charge in [-0.25, -0.2) is 14.4 Å². The van der Waals surface area contributed by atoms with Crippen LogP contribution in [0, 0.1) is 5.82 Å². The van der Waals surface area contributed by atoms with Crippen LogP contribution in [0.1, 0.15) is 5.56 Å². The molecule has 0 atom stereocenters. The minimum atomic E-state index is -0.385. The number of nitrogens with zero attached hydrogens (tertiary/aromatic N) is 3. The molecule has 8 nitrogen and oxygen atoms in total. The summed E-state index contributed by atoms with van der Waals surface area (Å²) in [6.07, 6.45) is 3.05. The first-order chi connectivity index (χ1) is 16.0. The molecule has 10 heteroatoms. The van der Waals surface area contributed by atoms with Crippen molar-refractivity contribution in [2.75, 3.05) is 25.1 Å². The number of carbonyl (C=O) groups is 2. The molecule has 1 fully saturated rings. The molecule has 1 N–H and O–H groups in total. The van der Waals surface area contributed by atoms with Gasteiger partial charge >= 0.3 is 0 Å². The molecular weight excluding hydrogens is 447 g/mol. The summed E-state index contributed by atoms with van der Waals surface area (Å²) in [5.41, 5.74) is 0.793. The Bertz CT molecular complexity index is 1190. The number of thioether (sulfide) groups is 1. The van der Waals surface area contributed by atoms with E-state index < -0.39 is 0 Å². The topological polar surface area (TPSA) is 93.7 Å². The predicted octanol–water partition coefficient (Wildman–Crippen LogP) is 4.25. The molecule has 2 heterocycles. The van der Waals surface area contributed by atoms with Crippen LogP contribution in [0.2, 0.25) is 0 Å². The van der Waals surface area contributed by atoms with E-state index in [0.717, 1.165) is 17.3 Å². The SMILES string of the molecule is CN(CCOc1ccc(/C=C2\SC(=O)NC2=O)cc1)c1cc(Oc2ccc(F)cc2)ncn1. The van der Waals surface area contributed by atoms with E-state index in [1.54, 1.807) is 24.3 Å². The van der Waals surface area contributed by atoms with E-state index >= 15 is 0 Å². The van der Waals surface area contributed by atoms with Crippen molar-refractivity contribution in [3.05, 3.63) is 77.2 Å². The Morgan fingerprint density at radius 1 is 1.06 bits per heavy atom. The molecule has 3 aromatic rings. The number of nitrogens with one attached hydrogen (secondary N) is 1. The average molecular weight is 466 g/mol. The van der Waals surface area contributed by atoms with Gasteiger partial charge in [-0.2, -0.15) is 0 Å². The van der Waals surface area contributed by atoms with Crippen molar-refractivity contribution < 1.29 is 23.5 Å². The third kappa shape index (κ3) is 6.07. The Labute approximate surface area is 193 Å². The van der Waals surface area contributed by atoms with Crippen LogP contribution >= 0.6 is 11.8 Å². The third-order valence-electron chi connectivity index (χ3n) is 4.57. The number of hydrogen-bond acceptors (Lipinski definition) is 8. The van der Waals surface area contributed by atoms with Crippen molar-refractivity contribution >= 4 is 34.8 Å². The standard InChI is InChI=1S/C23H19FN4O4S/c1-28(20-13-21(26-14-25-20)32-18-8-4-16(24)5-9-18)10-11-31-17-6-2-15(3-7-17)12-19-22(29)27-23(30)33-19/h2-9,12-14H,10-11H2,1H3,(H,27,29,30)/b19-12-. The van der Waals surface area contributed by atoms with Crippen LogP contribution in [0.3, 0.4) is 0 Å². The lowest BCUT2D eigenvalue weighted by molar-refractivity contribution is -0.115. The maximum atomic E-state index is 13.0. The minimum Gasteiger partial charge on any atom is -0.492 e. The molecule has 0 bridgehead atoms. The Morgan fingerprint density at radius 2 is 1.79 bits per heavy atom. The second-order valence-corrected chi connectivity index (χ2v) is 7.98. The van der Waals surface area contributed by atoms with Gasteiger partial charge in [0, 0.05) is 13.1 Å². The fraction of sp³-hybridized carbons (Fsp3) is 0.130. The highest BCUT2D eigenvalue weighted by Gasteiger charge is 2.24. The normalized spacial score (nSPS) is 14.3. The number of imide groups is 1. The number of carbonyl (C=O) groups excluding carboxylic acids is 2. The maximum absolute atomic E-state index is 13.0. The van der Waals surface area contributed by atoms with Gasteiger partial charge in [-0.15, -0.1) is 0 Å². The fourth-order valence-corrected chi connectivity index (χ4v) is 3.55. The Hall–Kier alpha value is -3.92. The molecule has 1 saturated heterocycles. The quantitative estimate of drug-likeness (QED) is 0.493. The summed E-state index contributed by atoms with van der Waals surface area (Å²) in [4.78, 5) is 33.4. The van der Waals surface area contributed by atoms with Gasteiger partial charge in [0.25, 0.3) is 11.1 Å². The van der Waals surface area contributed by atoms with Gasteiger partial charge < -0.3 is 14.4 Å². The number of rotatable bonds is 8. The van der Waals surface area contributed by atoms with Crippen molar-refractivity contribution in [3.63, 3.8) is 0 Å². The summed E-state index contributed by atoms with van der Waals surface area (Å²) in [5.74, 6) is 1.42. The number of aromatic nitrogens is 2. The van der Waals surface area contributed by atoms with E-state index in [9.17, 15) is 14.0 Å². The molecule has 0 spiro atoms. The van der Waals surface area contributed by atoms with Crippen molar-refractivity contribution in [3.8, 4) is 17.4 Å². The highest BCUT2D eigenvalue weighted by atomic mass is 32.2. The first-order valence-electron chi connectivity index (χ1n) is 9.90. The third-order valence-corrected chi connectivity index (χ3v) is 5.38. The second-order valence-electron chi connectivity index (χ2n) is 6.96. The molecule has 1 aliphatic rings. The van der Waals surface area contributed by atoms with Crippen molar-refractivity contribution in [1.82, 2.24) is 15.3 Å². The van der Waals surface area contributed by atoms with Crippen LogP contribution in [-0.4, -0.2) is 41.3 Å². The second kappa shape index (κ2) is 10.1. The van der Waals surface area contributed by atoms with Crippen LogP contribution in [-0.2, 0) is 4.79 Å². The molecule has 0 unspecified atom stereocenters. The molecule has 2 amide bonds. The summed E-state index contributed by atoms with van der Waals surface area (Å²) in [6, 6.07) is 14.6. The summed E-state index contributed by atoms with van der Waals surface area (Å²) in [5, 5.41) is 1.86. The molecular formula is C23H19FN4O4S. The highest BCUT2D eigenvalue weighted by molar-refractivity contribution is 8.18. The van der Waals surface area contributed by atoms with Crippen LogP contribution in [0.4, 0.5) is 15.0 Å². The van der Waals surface area contributed by atoms with Gasteiger partial charge in [0.2, 0.25) is 5.88 Å². The lowest BCUT2D eigenvalue weighted by Crippen LogP contribution is -2.24. The van der Waals surface area contributed by atoms with Gasteiger partial charge in [0.15, 0.2) is 0 Å². The highest BCUT2D eigenvalue weighted by Crippen LogP contribution is 2.26. The monoisotopic (exact) mass is 466 g/mol. The number of halogens is 1. The van der Waals surface area contributed by atoms with Gasteiger partial charge in [0.05, 0.1) is 11.4 Å². The molecule has 0 radical (unpaired) electrons. The van der Waals surface area contributed by atoms with E-state index in [4.69, 9.17) is 9.47 Å². The average Bonchev–Trinajstić information content (AvgIpc) is 3.13. The number of amides is 2. The van der Waals surface area contributed by atoms with E-state index in [-0.39, 0.29) is 17.0 Å². The van der Waals surface area contributed by atoms with Crippen molar-refractivity contribution in [2.45, 2.75) is 0 Å². The van der Waals surface area contributed by atoms with Gasteiger partial charge in [-0.1, -0.05) is 12.1 Å².